The summed E-state index contributed by atoms with van der Waals surface area (Å²) in [6.45, 7) is 0. The molecule has 0 N–H and O–H groups in total. The van der Waals surface area contributed by atoms with Crippen LogP contribution in [0.1, 0.15) is 0 Å². The number of aromatic nitrogens is 4. The molecule has 0 spiro atoms. The molecule has 0 aliphatic carbocycles. The van der Waals surface area contributed by atoms with E-state index in [1.165, 1.54) is 0 Å². The Kier molecular flexibility index (Phi) is 2.90. The number of para-hydroxylation sites is 1. The van der Waals surface area contributed by atoms with E-state index in [0.717, 1.165) is 22.4 Å². The van der Waals surface area contributed by atoms with Gasteiger partial charge in [0.05, 0.1) is 23.7 Å². The second kappa shape index (κ2) is 4.95. The lowest BCUT2D eigenvalue weighted by molar-refractivity contribution is 0.398. The van der Waals surface area contributed by atoms with Crippen molar-refractivity contribution in [3.63, 3.8) is 0 Å². The fraction of sp³-hybridized carbons (Fsp3) is 0.118. The normalized spacial score (nSPS) is 11.2. The molecule has 6 heteroatoms. The van der Waals surface area contributed by atoms with Gasteiger partial charge in [0.15, 0.2) is 0 Å². The maximum Gasteiger partial charge on any atom is 0.261 e. The highest BCUT2D eigenvalue weighted by molar-refractivity contribution is 5.81. The molecule has 0 radical (unpaired) electrons. The van der Waals surface area contributed by atoms with Gasteiger partial charge in [-0.1, -0.05) is 12.1 Å². The Morgan fingerprint density at radius 3 is 2.78 bits per heavy atom. The van der Waals surface area contributed by atoms with Crippen LogP contribution in [-0.4, -0.2) is 26.3 Å². The fourth-order valence-corrected chi connectivity index (χ4v) is 2.73. The van der Waals surface area contributed by atoms with Crippen molar-refractivity contribution in [3.8, 4) is 17.1 Å². The van der Waals surface area contributed by atoms with Gasteiger partial charge in [-0.25, -0.2) is 9.50 Å². The van der Waals surface area contributed by atoms with E-state index in [1.54, 1.807) is 29.4 Å². The van der Waals surface area contributed by atoms with E-state index in [9.17, 15) is 4.79 Å². The first kappa shape index (κ1) is 13.5. The van der Waals surface area contributed by atoms with Crippen LogP contribution >= 0.6 is 0 Å². The van der Waals surface area contributed by atoms with E-state index in [-0.39, 0.29) is 5.56 Å². The largest absolute Gasteiger partial charge is 0.481 e. The zero-order valence-corrected chi connectivity index (χ0v) is 12.7. The minimum atomic E-state index is -0.0353. The maximum atomic E-state index is 12.5. The van der Waals surface area contributed by atoms with Crippen LogP contribution in [0.15, 0.2) is 53.5 Å². The molecule has 0 fully saturated rings. The summed E-state index contributed by atoms with van der Waals surface area (Å²) >= 11 is 0. The molecule has 0 unspecified atom stereocenters. The van der Waals surface area contributed by atoms with Gasteiger partial charge >= 0.3 is 0 Å². The number of fused-ring (bicyclic) bond motifs is 3. The Morgan fingerprint density at radius 1 is 1.13 bits per heavy atom. The van der Waals surface area contributed by atoms with Crippen molar-refractivity contribution in [1.29, 1.82) is 0 Å². The molecular formula is C17H14N4O2. The summed E-state index contributed by atoms with van der Waals surface area (Å²) < 4.78 is 8.56. The molecule has 0 saturated heterocycles. The molecule has 0 saturated carbocycles. The Hall–Kier alpha value is -3.15. The quantitative estimate of drug-likeness (QED) is 0.570. The van der Waals surface area contributed by atoms with Gasteiger partial charge < -0.3 is 4.74 Å². The molecule has 0 atom stereocenters. The van der Waals surface area contributed by atoms with Crippen LogP contribution in [0.2, 0.25) is 0 Å². The van der Waals surface area contributed by atoms with Crippen LogP contribution in [0.25, 0.3) is 27.8 Å². The lowest BCUT2D eigenvalue weighted by Crippen LogP contribution is -2.19. The van der Waals surface area contributed by atoms with E-state index in [0.29, 0.717) is 11.3 Å². The number of hydrogen-bond acceptors (Lipinski definition) is 4. The number of nitrogens with zero attached hydrogens (tertiary/aromatic N) is 4. The average Bonchev–Trinajstić information content (AvgIpc) is 3.05. The van der Waals surface area contributed by atoms with Crippen molar-refractivity contribution in [3.05, 3.63) is 59.0 Å². The third kappa shape index (κ3) is 1.99. The van der Waals surface area contributed by atoms with Crippen LogP contribution in [0.4, 0.5) is 0 Å². The highest BCUT2D eigenvalue weighted by Gasteiger charge is 2.12. The SMILES string of the molecule is COc1cc(-c2cc3n(C)c(=O)c4ccccc4n3n2)ccn1. The first-order valence-electron chi connectivity index (χ1n) is 7.17. The zero-order chi connectivity index (χ0) is 16.0. The van der Waals surface area contributed by atoms with Gasteiger partial charge in [0.2, 0.25) is 5.88 Å². The van der Waals surface area contributed by atoms with Gasteiger partial charge in [-0.15, -0.1) is 0 Å². The number of pyridine rings is 1. The lowest BCUT2D eigenvalue weighted by Gasteiger charge is -2.05. The van der Waals surface area contributed by atoms with Crippen molar-refractivity contribution in [2.75, 3.05) is 7.11 Å². The van der Waals surface area contributed by atoms with Crippen molar-refractivity contribution in [1.82, 2.24) is 19.2 Å². The van der Waals surface area contributed by atoms with Gasteiger partial charge in [0.25, 0.3) is 5.56 Å². The number of rotatable bonds is 2. The number of hydrogen-bond donors (Lipinski definition) is 0. The number of aryl methyl sites for hydroxylation is 1. The van der Waals surface area contributed by atoms with Gasteiger partial charge in [-0.2, -0.15) is 5.10 Å². The molecule has 0 amide bonds. The van der Waals surface area contributed by atoms with E-state index in [2.05, 4.69) is 10.1 Å². The Balaban J connectivity index is 2.06. The lowest BCUT2D eigenvalue weighted by atomic mass is 10.2. The second-order valence-electron chi connectivity index (χ2n) is 5.27. The van der Waals surface area contributed by atoms with Gasteiger partial charge in [-0.05, 0) is 18.2 Å². The summed E-state index contributed by atoms with van der Waals surface area (Å²) in [4.78, 5) is 16.6. The molecule has 114 valence electrons. The molecule has 0 aliphatic heterocycles. The Labute approximate surface area is 131 Å². The van der Waals surface area contributed by atoms with E-state index in [4.69, 9.17) is 4.74 Å². The Bertz CT molecular complexity index is 1090. The van der Waals surface area contributed by atoms with E-state index < -0.39 is 0 Å². The van der Waals surface area contributed by atoms with Gasteiger partial charge in [-0.3, -0.25) is 9.36 Å². The van der Waals surface area contributed by atoms with Crippen LogP contribution in [-0.2, 0) is 7.05 Å². The summed E-state index contributed by atoms with van der Waals surface area (Å²) in [5, 5.41) is 5.31. The van der Waals surface area contributed by atoms with Gasteiger partial charge in [0, 0.05) is 30.9 Å². The fourth-order valence-electron chi connectivity index (χ4n) is 2.73. The van der Waals surface area contributed by atoms with Crippen molar-refractivity contribution in [2.24, 2.45) is 7.05 Å². The highest BCUT2D eigenvalue weighted by Crippen LogP contribution is 2.23. The minimum absolute atomic E-state index is 0.0353. The average molecular weight is 306 g/mol. The summed E-state index contributed by atoms with van der Waals surface area (Å²) in [6, 6.07) is 13.0. The van der Waals surface area contributed by atoms with Crippen LogP contribution in [0.3, 0.4) is 0 Å². The summed E-state index contributed by atoms with van der Waals surface area (Å²) in [5.41, 5.74) is 3.14. The number of methoxy groups -OCH3 is 1. The van der Waals surface area contributed by atoms with Crippen LogP contribution in [0, 0.1) is 0 Å². The highest BCUT2D eigenvalue weighted by atomic mass is 16.5. The Morgan fingerprint density at radius 2 is 1.96 bits per heavy atom. The summed E-state index contributed by atoms with van der Waals surface area (Å²) in [6.07, 6.45) is 1.68. The third-order valence-corrected chi connectivity index (χ3v) is 3.94. The standard InChI is InChI=1S/C17H14N4O2/c1-20-16-10-13(11-7-8-18-15(9-11)23-2)19-21(16)14-6-4-3-5-12(14)17(20)22/h3-10H,1-2H3. The molecule has 0 aliphatic rings. The molecular weight excluding hydrogens is 292 g/mol. The number of ether oxygens (including phenoxy) is 1. The van der Waals surface area contributed by atoms with Crippen molar-refractivity contribution < 1.29 is 4.74 Å². The van der Waals surface area contributed by atoms with Crippen LogP contribution in [0.5, 0.6) is 5.88 Å². The third-order valence-electron chi connectivity index (χ3n) is 3.94. The molecule has 3 aromatic heterocycles. The molecule has 23 heavy (non-hydrogen) atoms. The van der Waals surface area contributed by atoms with E-state index in [1.807, 2.05) is 42.5 Å². The predicted octanol–water partition coefficient (Wildman–Crippen LogP) is 2.26. The first-order chi connectivity index (χ1) is 11.2. The number of benzene rings is 1. The monoisotopic (exact) mass is 306 g/mol. The summed E-state index contributed by atoms with van der Waals surface area (Å²) in [7, 11) is 3.33. The second-order valence-corrected chi connectivity index (χ2v) is 5.27. The molecule has 6 nitrogen and oxygen atoms in total. The molecule has 3 heterocycles. The van der Waals surface area contributed by atoms with E-state index >= 15 is 0 Å². The van der Waals surface area contributed by atoms with Crippen molar-refractivity contribution >= 4 is 16.6 Å². The molecule has 4 rings (SSSR count). The molecule has 0 bridgehead atoms. The minimum Gasteiger partial charge on any atom is -0.481 e. The van der Waals surface area contributed by atoms with Crippen LogP contribution < -0.4 is 10.3 Å². The zero-order valence-electron chi connectivity index (χ0n) is 12.7. The topological polar surface area (TPSA) is 61.4 Å². The predicted molar refractivity (Wildman–Crippen MR) is 87.7 cm³/mol. The molecule has 4 aromatic rings. The first-order valence-corrected chi connectivity index (χ1v) is 7.17. The van der Waals surface area contributed by atoms with Gasteiger partial charge in [0.1, 0.15) is 5.65 Å². The smallest absolute Gasteiger partial charge is 0.261 e. The summed E-state index contributed by atoms with van der Waals surface area (Å²) in [5.74, 6) is 0.526. The van der Waals surface area contributed by atoms with Crippen molar-refractivity contribution in [2.45, 2.75) is 0 Å². The maximum absolute atomic E-state index is 12.5. The molecule has 1 aromatic carbocycles.